The van der Waals surface area contributed by atoms with Crippen molar-refractivity contribution in [1.29, 1.82) is 0 Å². The second-order valence-electron chi connectivity index (χ2n) is 19.8. The minimum atomic E-state index is 0.226. The van der Waals surface area contributed by atoms with Crippen LogP contribution in [0.3, 0.4) is 0 Å². The molecule has 0 aliphatic heterocycles. The van der Waals surface area contributed by atoms with Gasteiger partial charge in [0.25, 0.3) is 0 Å². The molecule has 74 heavy (non-hydrogen) atoms. The Morgan fingerprint density at radius 3 is 1.20 bits per heavy atom. The quantitative estimate of drug-likeness (QED) is 0.126. The van der Waals surface area contributed by atoms with Crippen LogP contribution in [0.5, 0.6) is 0 Å². The van der Waals surface area contributed by atoms with Gasteiger partial charge in [0.15, 0.2) is 0 Å². The Bertz CT molecular complexity index is 4020. The van der Waals surface area contributed by atoms with Crippen LogP contribution in [0.25, 0.3) is 96.7 Å². The highest BCUT2D eigenvalue weighted by molar-refractivity contribution is 7.19. The average molecular weight is 979 g/mol. The van der Waals surface area contributed by atoms with Gasteiger partial charge >= 0.3 is 0 Å². The van der Waals surface area contributed by atoms with E-state index in [1.54, 1.807) is 0 Å². The van der Waals surface area contributed by atoms with Gasteiger partial charge < -0.3 is 0 Å². The number of allylic oxidation sites excluding steroid dienone is 3. The maximum absolute atomic E-state index is 2.59. The molecule has 2 heteroatoms. The minimum absolute atomic E-state index is 0.226. The largest absolute Gasteiger partial charge is 0.135 e. The molecule has 0 radical (unpaired) electrons. The fourth-order valence-corrected chi connectivity index (χ4v) is 14.2. The van der Waals surface area contributed by atoms with E-state index in [4.69, 9.17) is 0 Å². The van der Waals surface area contributed by atoms with Crippen LogP contribution in [-0.2, 0) is 0 Å². The van der Waals surface area contributed by atoms with Crippen LogP contribution in [0.1, 0.15) is 46.6 Å². The van der Waals surface area contributed by atoms with Crippen molar-refractivity contribution in [3.05, 3.63) is 300 Å². The minimum Gasteiger partial charge on any atom is -0.135 e. The molecule has 0 N–H and O–H groups in total. The number of hydrogen-bond acceptors (Lipinski definition) is 2. The zero-order valence-electron chi connectivity index (χ0n) is 40.8. The fourth-order valence-electron chi connectivity index (χ4n) is 12.1. The van der Waals surface area contributed by atoms with Crippen LogP contribution >= 0.6 is 22.7 Å². The molecule has 2 aliphatic carbocycles. The summed E-state index contributed by atoms with van der Waals surface area (Å²) >= 11 is 3.73. The molecule has 0 spiro atoms. The molecule has 0 nitrogen and oxygen atoms in total. The fraction of sp³-hybridized carbons (Fsp3) is 0.0556. The molecule has 2 aromatic heterocycles. The molecule has 2 unspecified atom stereocenters. The molecule has 2 aliphatic rings. The molecule has 0 fully saturated rings. The van der Waals surface area contributed by atoms with Gasteiger partial charge in [0.1, 0.15) is 0 Å². The normalized spacial score (nSPS) is 15.2. The zero-order chi connectivity index (χ0) is 49.0. The van der Waals surface area contributed by atoms with E-state index >= 15 is 0 Å². The Labute approximate surface area is 441 Å². The Balaban J connectivity index is 0.868. The Kier molecular flexibility index (Phi) is 11.3. The number of thiophene rings is 2. The molecule has 10 aromatic carbocycles. The van der Waals surface area contributed by atoms with Crippen molar-refractivity contribution < 1.29 is 0 Å². The molecule has 2 atom stereocenters. The van der Waals surface area contributed by atoms with Crippen molar-refractivity contribution in [3.63, 3.8) is 0 Å². The van der Waals surface area contributed by atoms with E-state index in [2.05, 4.69) is 267 Å². The molecule has 350 valence electrons. The molecule has 12 aromatic rings. The van der Waals surface area contributed by atoms with Crippen LogP contribution in [0.4, 0.5) is 0 Å². The summed E-state index contributed by atoms with van der Waals surface area (Å²) < 4.78 is 0. The maximum Gasteiger partial charge on any atom is 0.0349 e. The molecule has 0 amide bonds. The lowest BCUT2D eigenvalue weighted by molar-refractivity contribution is 0.500. The van der Waals surface area contributed by atoms with Crippen molar-refractivity contribution >= 4 is 55.4 Å². The van der Waals surface area contributed by atoms with E-state index in [1.165, 1.54) is 130 Å². The molecular weight excluding hydrogens is 929 g/mol. The van der Waals surface area contributed by atoms with E-state index in [-0.39, 0.29) is 5.92 Å². The standard InChI is InChI=1S/C72H50S2/c1-4-16-48(17-5-1)65-42-44-67(73-65)50-30-36-54(37-31-50)71-61-26-14-15-27-62(61)72(55-38-32-51(33-39-55)68-45-43-66(74-68)49-18-6-2-7-19-49)64-46-56(40-41-63(64)71)47-28-34-53(35-29-47)70-59-24-12-10-22-57(59)69(52-20-8-3-9-21-52)58-23-11-13-25-60(58)70/h1-39,42-46,63,71H,40-41H2. The third kappa shape index (κ3) is 7.90. The highest BCUT2D eigenvalue weighted by Crippen LogP contribution is 2.54. The highest BCUT2D eigenvalue weighted by atomic mass is 32.1. The lowest BCUT2D eigenvalue weighted by Crippen LogP contribution is -2.25. The summed E-state index contributed by atoms with van der Waals surface area (Å²) in [6, 6.07) is 97.1. The number of fused-ring (bicyclic) bond motifs is 4. The summed E-state index contributed by atoms with van der Waals surface area (Å²) in [6.45, 7) is 0. The Morgan fingerprint density at radius 2 is 0.689 bits per heavy atom. The van der Waals surface area contributed by atoms with Crippen molar-refractivity contribution in [3.8, 4) is 64.0 Å². The van der Waals surface area contributed by atoms with Gasteiger partial charge in [-0.05, 0) is 154 Å². The SMILES string of the molecule is C1=C(c2ccc(-c3c4ccccc4c(-c4ccccc4)c4ccccc34)cc2)CCC2C1=C(c1ccc(-c3ccc(-c4ccccc4)s3)cc1)c1ccccc1C2c1ccc(-c2ccc(-c3ccccc3)s2)cc1. The second-order valence-corrected chi connectivity index (χ2v) is 21.9. The molecule has 0 saturated carbocycles. The average Bonchev–Trinajstić information content (AvgIpc) is 4.19. The number of rotatable bonds is 9. The predicted molar refractivity (Wildman–Crippen MR) is 318 cm³/mol. The summed E-state index contributed by atoms with van der Waals surface area (Å²) in [5, 5.41) is 5.12. The van der Waals surface area contributed by atoms with Crippen molar-refractivity contribution in [1.82, 2.24) is 0 Å². The van der Waals surface area contributed by atoms with E-state index in [0.717, 1.165) is 12.8 Å². The molecule has 2 heterocycles. The first-order valence-electron chi connectivity index (χ1n) is 25.9. The molecule has 14 rings (SSSR count). The van der Waals surface area contributed by atoms with Gasteiger partial charge in [0, 0.05) is 25.4 Å². The Hall–Kier alpha value is -8.40. The van der Waals surface area contributed by atoms with Crippen LogP contribution < -0.4 is 0 Å². The predicted octanol–water partition coefficient (Wildman–Crippen LogP) is 20.6. The van der Waals surface area contributed by atoms with Gasteiger partial charge in [-0.3, -0.25) is 0 Å². The first kappa shape index (κ1) is 44.3. The van der Waals surface area contributed by atoms with Crippen molar-refractivity contribution in [2.24, 2.45) is 5.92 Å². The molecule has 0 saturated heterocycles. The number of hydrogen-bond donors (Lipinski definition) is 0. The topological polar surface area (TPSA) is 0 Å². The third-order valence-corrected chi connectivity index (χ3v) is 18.0. The summed E-state index contributed by atoms with van der Waals surface area (Å²) in [7, 11) is 0. The smallest absolute Gasteiger partial charge is 0.0349 e. The summed E-state index contributed by atoms with van der Waals surface area (Å²) in [5.74, 6) is 0.538. The van der Waals surface area contributed by atoms with Crippen LogP contribution in [0.2, 0.25) is 0 Å². The monoisotopic (exact) mass is 978 g/mol. The number of benzene rings is 10. The third-order valence-electron chi connectivity index (χ3n) is 15.6. The van der Waals surface area contributed by atoms with Crippen LogP contribution in [0, 0.1) is 5.92 Å². The molecule has 0 bridgehead atoms. The second kappa shape index (κ2) is 18.9. The van der Waals surface area contributed by atoms with Gasteiger partial charge in [-0.1, -0.05) is 243 Å². The van der Waals surface area contributed by atoms with E-state index in [9.17, 15) is 0 Å². The van der Waals surface area contributed by atoms with Gasteiger partial charge in [0.2, 0.25) is 0 Å². The van der Waals surface area contributed by atoms with E-state index in [0.29, 0.717) is 5.92 Å². The van der Waals surface area contributed by atoms with Crippen molar-refractivity contribution in [2.45, 2.75) is 18.8 Å². The highest BCUT2D eigenvalue weighted by Gasteiger charge is 2.38. The van der Waals surface area contributed by atoms with E-state index in [1.807, 2.05) is 22.7 Å². The van der Waals surface area contributed by atoms with Gasteiger partial charge in [0.05, 0.1) is 0 Å². The maximum atomic E-state index is 2.59. The summed E-state index contributed by atoms with van der Waals surface area (Å²) in [5.41, 5.74) is 21.0. The first-order chi connectivity index (χ1) is 36.7. The first-order valence-corrected chi connectivity index (χ1v) is 27.5. The Morgan fingerprint density at radius 1 is 0.311 bits per heavy atom. The van der Waals surface area contributed by atoms with Crippen molar-refractivity contribution in [2.75, 3.05) is 0 Å². The van der Waals surface area contributed by atoms with Crippen LogP contribution in [-0.4, -0.2) is 0 Å². The van der Waals surface area contributed by atoms with Gasteiger partial charge in [-0.2, -0.15) is 0 Å². The van der Waals surface area contributed by atoms with Crippen LogP contribution in [0.15, 0.2) is 273 Å². The lowest BCUT2D eigenvalue weighted by Gasteiger charge is -2.40. The zero-order valence-corrected chi connectivity index (χ0v) is 42.4. The summed E-state index contributed by atoms with van der Waals surface area (Å²) in [4.78, 5) is 5.17. The molecular formula is C72H50S2. The van der Waals surface area contributed by atoms with E-state index < -0.39 is 0 Å². The summed E-state index contributed by atoms with van der Waals surface area (Å²) in [6.07, 6.45) is 4.66. The van der Waals surface area contributed by atoms with Gasteiger partial charge in [-0.15, -0.1) is 22.7 Å². The lowest BCUT2D eigenvalue weighted by atomic mass is 9.63. The van der Waals surface area contributed by atoms with Gasteiger partial charge in [-0.25, -0.2) is 0 Å².